The van der Waals surface area contributed by atoms with E-state index < -0.39 is 0 Å². The molecular weight excluding hydrogens is 355 g/mol. The maximum absolute atomic E-state index is 12.9. The summed E-state index contributed by atoms with van der Waals surface area (Å²) in [6.07, 6.45) is 0.855. The first-order valence-electron chi connectivity index (χ1n) is 8.11. The summed E-state index contributed by atoms with van der Waals surface area (Å²) in [4.78, 5) is 0. The molecule has 0 saturated carbocycles. The Morgan fingerprint density at radius 3 is 2.46 bits per heavy atom. The van der Waals surface area contributed by atoms with Crippen molar-refractivity contribution in [1.29, 1.82) is 0 Å². The predicted molar refractivity (Wildman–Crippen MR) is 98.2 cm³/mol. The number of nitrogens with two attached hydrogens (primary N) is 1. The number of nitrogen functional groups attached to an aromatic ring is 1. The average molecular weight is 374 g/mol. The van der Waals surface area contributed by atoms with Gasteiger partial charge in [0.15, 0.2) is 5.82 Å². The maximum atomic E-state index is 12.9. The van der Waals surface area contributed by atoms with Gasteiger partial charge in [0.2, 0.25) is 5.16 Å². The third-order valence-corrected chi connectivity index (χ3v) is 4.48. The van der Waals surface area contributed by atoms with Crippen molar-refractivity contribution in [2.75, 3.05) is 18.2 Å². The highest BCUT2D eigenvalue weighted by molar-refractivity contribution is 7.99. The van der Waals surface area contributed by atoms with Gasteiger partial charge in [-0.15, -0.1) is 10.2 Å². The number of hydrogen-bond acceptors (Lipinski definition) is 6. The van der Waals surface area contributed by atoms with Gasteiger partial charge in [-0.25, -0.2) is 9.07 Å². The molecule has 6 nitrogen and oxygen atoms in total. The molecule has 136 valence electrons. The molecule has 2 aromatic carbocycles. The van der Waals surface area contributed by atoms with E-state index in [1.54, 1.807) is 12.1 Å². The summed E-state index contributed by atoms with van der Waals surface area (Å²) in [6.45, 7) is 0.781. The summed E-state index contributed by atoms with van der Waals surface area (Å²) in [5, 5.41) is 8.71. The van der Waals surface area contributed by atoms with E-state index in [1.807, 2.05) is 30.3 Å². The minimum atomic E-state index is -0.311. The van der Waals surface area contributed by atoms with E-state index in [1.165, 1.54) is 28.6 Å². The lowest BCUT2D eigenvalue weighted by Gasteiger charge is -2.07. The van der Waals surface area contributed by atoms with Crippen LogP contribution in [0.15, 0.2) is 59.8 Å². The van der Waals surface area contributed by atoms with Gasteiger partial charge in [-0.05, 0) is 42.8 Å². The van der Waals surface area contributed by atoms with E-state index in [-0.39, 0.29) is 12.4 Å². The molecule has 0 fully saturated rings. The van der Waals surface area contributed by atoms with Crippen LogP contribution in [0, 0.1) is 5.82 Å². The molecule has 1 heterocycles. The van der Waals surface area contributed by atoms with Crippen LogP contribution in [0.4, 0.5) is 4.39 Å². The molecule has 1 aromatic heterocycles. The number of aromatic nitrogens is 3. The zero-order valence-corrected chi connectivity index (χ0v) is 14.9. The molecule has 0 amide bonds. The molecule has 0 atom stereocenters. The summed E-state index contributed by atoms with van der Waals surface area (Å²) < 4.78 is 25.5. The third kappa shape index (κ3) is 5.13. The lowest BCUT2D eigenvalue weighted by atomic mass is 10.3. The molecular formula is C18H19FN4O2S. The Balaban J connectivity index is 1.41. The van der Waals surface area contributed by atoms with Gasteiger partial charge in [0, 0.05) is 5.75 Å². The molecule has 3 aromatic rings. The van der Waals surface area contributed by atoms with E-state index in [9.17, 15) is 4.39 Å². The van der Waals surface area contributed by atoms with Gasteiger partial charge in [0.1, 0.15) is 23.9 Å². The zero-order valence-electron chi connectivity index (χ0n) is 14.0. The zero-order chi connectivity index (χ0) is 18.2. The first kappa shape index (κ1) is 18.1. The average Bonchev–Trinajstić information content (AvgIpc) is 3.02. The number of nitrogens with zero attached hydrogens (tertiary/aromatic N) is 3. The van der Waals surface area contributed by atoms with Gasteiger partial charge < -0.3 is 15.3 Å². The number of rotatable bonds is 9. The number of ether oxygens (including phenoxy) is 2. The van der Waals surface area contributed by atoms with Crippen molar-refractivity contribution in [3.8, 4) is 11.5 Å². The Morgan fingerprint density at radius 1 is 0.962 bits per heavy atom. The number of hydrogen-bond donors (Lipinski definition) is 1. The van der Waals surface area contributed by atoms with Gasteiger partial charge in [0.05, 0.1) is 6.61 Å². The standard InChI is InChI=1S/C18H19FN4O2S/c19-14-7-9-16(10-8-14)25-13-17-21-22-18(23(17)20)26-12-4-11-24-15-5-2-1-3-6-15/h1-3,5-10H,4,11-13,20H2. The molecule has 0 saturated heterocycles. The molecule has 0 radical (unpaired) electrons. The molecule has 0 aliphatic carbocycles. The molecule has 0 aliphatic heterocycles. The van der Waals surface area contributed by atoms with E-state index in [4.69, 9.17) is 15.3 Å². The van der Waals surface area contributed by atoms with Gasteiger partial charge in [-0.1, -0.05) is 30.0 Å². The van der Waals surface area contributed by atoms with Crippen LogP contribution in [-0.2, 0) is 6.61 Å². The fraction of sp³-hybridized carbons (Fsp3) is 0.222. The van der Waals surface area contributed by atoms with Crippen LogP contribution in [0.1, 0.15) is 12.2 Å². The molecule has 0 bridgehead atoms. The lowest BCUT2D eigenvalue weighted by molar-refractivity contribution is 0.291. The van der Waals surface area contributed by atoms with Crippen molar-refractivity contribution < 1.29 is 13.9 Å². The second kappa shape index (κ2) is 9.10. The van der Waals surface area contributed by atoms with Gasteiger partial charge in [0.25, 0.3) is 0 Å². The molecule has 0 aliphatic rings. The van der Waals surface area contributed by atoms with Crippen LogP contribution in [-0.4, -0.2) is 27.2 Å². The molecule has 8 heteroatoms. The van der Waals surface area contributed by atoms with Crippen LogP contribution in [0.25, 0.3) is 0 Å². The molecule has 2 N–H and O–H groups in total. The molecule has 0 spiro atoms. The summed E-state index contributed by atoms with van der Waals surface area (Å²) in [5.41, 5.74) is 0. The quantitative estimate of drug-likeness (QED) is 0.352. The maximum Gasteiger partial charge on any atom is 0.209 e. The van der Waals surface area contributed by atoms with Crippen molar-refractivity contribution in [3.63, 3.8) is 0 Å². The number of para-hydroxylation sites is 1. The Bertz CT molecular complexity index is 812. The Hall–Kier alpha value is -2.74. The van der Waals surface area contributed by atoms with Crippen LogP contribution in [0.5, 0.6) is 11.5 Å². The fourth-order valence-electron chi connectivity index (χ4n) is 2.11. The summed E-state index contributed by atoms with van der Waals surface area (Å²) in [7, 11) is 0. The highest BCUT2D eigenvalue weighted by Gasteiger charge is 2.10. The highest BCUT2D eigenvalue weighted by atomic mass is 32.2. The minimum Gasteiger partial charge on any atom is -0.494 e. The number of halogens is 1. The van der Waals surface area contributed by atoms with Gasteiger partial charge >= 0.3 is 0 Å². The monoisotopic (exact) mass is 374 g/mol. The number of benzene rings is 2. The number of thioether (sulfide) groups is 1. The van der Waals surface area contributed by atoms with Gasteiger partial charge in [-0.2, -0.15) is 0 Å². The molecule has 0 unspecified atom stereocenters. The summed E-state index contributed by atoms with van der Waals surface area (Å²) >= 11 is 1.51. The summed E-state index contributed by atoms with van der Waals surface area (Å²) in [6, 6.07) is 15.5. The Kier molecular flexibility index (Phi) is 6.32. The fourth-order valence-corrected chi connectivity index (χ4v) is 2.90. The van der Waals surface area contributed by atoms with Crippen LogP contribution < -0.4 is 15.3 Å². The molecule has 3 rings (SSSR count). The Labute approximate surface area is 155 Å². The lowest BCUT2D eigenvalue weighted by Crippen LogP contribution is -2.16. The summed E-state index contributed by atoms with van der Waals surface area (Å²) in [5.74, 6) is 8.39. The highest BCUT2D eigenvalue weighted by Crippen LogP contribution is 2.18. The predicted octanol–water partition coefficient (Wildman–Crippen LogP) is 3.27. The van der Waals surface area contributed by atoms with Crippen molar-refractivity contribution >= 4 is 11.8 Å². The third-order valence-electron chi connectivity index (χ3n) is 3.45. The Morgan fingerprint density at radius 2 is 1.69 bits per heavy atom. The first-order chi connectivity index (χ1) is 12.7. The van der Waals surface area contributed by atoms with Crippen molar-refractivity contribution in [2.24, 2.45) is 0 Å². The van der Waals surface area contributed by atoms with Crippen molar-refractivity contribution in [3.05, 3.63) is 66.2 Å². The van der Waals surface area contributed by atoms with E-state index in [0.29, 0.717) is 23.3 Å². The topological polar surface area (TPSA) is 75.2 Å². The smallest absolute Gasteiger partial charge is 0.209 e. The van der Waals surface area contributed by atoms with Crippen LogP contribution >= 0.6 is 11.8 Å². The second-order valence-electron chi connectivity index (χ2n) is 5.37. The van der Waals surface area contributed by atoms with Crippen LogP contribution in [0.2, 0.25) is 0 Å². The SMILES string of the molecule is Nn1c(COc2ccc(F)cc2)nnc1SCCCOc1ccccc1. The first-order valence-corrected chi connectivity index (χ1v) is 9.09. The normalized spacial score (nSPS) is 10.7. The van der Waals surface area contributed by atoms with Crippen molar-refractivity contribution in [1.82, 2.24) is 14.9 Å². The second-order valence-corrected chi connectivity index (χ2v) is 6.44. The largest absolute Gasteiger partial charge is 0.494 e. The molecule has 26 heavy (non-hydrogen) atoms. The van der Waals surface area contributed by atoms with Gasteiger partial charge in [-0.3, -0.25) is 0 Å². The van der Waals surface area contributed by atoms with Crippen molar-refractivity contribution in [2.45, 2.75) is 18.2 Å². The van der Waals surface area contributed by atoms with Crippen LogP contribution in [0.3, 0.4) is 0 Å². The van der Waals surface area contributed by atoms with E-state index >= 15 is 0 Å². The van der Waals surface area contributed by atoms with E-state index in [2.05, 4.69) is 10.2 Å². The minimum absolute atomic E-state index is 0.160. The van der Waals surface area contributed by atoms with E-state index in [0.717, 1.165) is 17.9 Å².